The Kier molecular flexibility index (Phi) is 4.32. The molecule has 0 aromatic rings. The van der Waals surface area contributed by atoms with Crippen molar-refractivity contribution in [2.45, 2.75) is 82.3 Å². The van der Waals surface area contributed by atoms with Gasteiger partial charge in [0, 0.05) is 25.2 Å². The van der Waals surface area contributed by atoms with Gasteiger partial charge in [-0.2, -0.15) is 0 Å². The van der Waals surface area contributed by atoms with E-state index in [0.29, 0.717) is 6.04 Å². The molecule has 1 saturated heterocycles. The van der Waals surface area contributed by atoms with Crippen molar-refractivity contribution in [2.24, 2.45) is 35.3 Å². The number of nitrogens with one attached hydrogen (secondary N) is 1. The number of primary amides is 1. The zero-order valence-electron chi connectivity index (χ0n) is 15.5. The van der Waals surface area contributed by atoms with E-state index in [2.05, 4.69) is 10.2 Å². The maximum absolute atomic E-state index is 12.0. The molecule has 4 heteroatoms. The van der Waals surface area contributed by atoms with Crippen molar-refractivity contribution in [3.63, 3.8) is 0 Å². The molecule has 4 bridgehead atoms. The molecule has 6 rings (SSSR count). The molecule has 25 heavy (non-hydrogen) atoms. The minimum absolute atomic E-state index is 0.0325. The summed E-state index contributed by atoms with van der Waals surface area (Å²) in [6, 6.07) is 1.16. The molecule has 0 radical (unpaired) electrons. The van der Waals surface area contributed by atoms with Crippen LogP contribution < -0.4 is 11.1 Å². The van der Waals surface area contributed by atoms with E-state index in [0.717, 1.165) is 55.1 Å². The molecule has 0 aromatic heterocycles. The van der Waals surface area contributed by atoms with Gasteiger partial charge < -0.3 is 11.1 Å². The summed E-state index contributed by atoms with van der Waals surface area (Å²) in [6.07, 6.45) is 13.7. The first-order valence-corrected chi connectivity index (χ1v) is 10.9. The topological polar surface area (TPSA) is 58.4 Å². The van der Waals surface area contributed by atoms with Crippen LogP contribution in [-0.2, 0) is 4.79 Å². The fourth-order valence-corrected chi connectivity index (χ4v) is 7.52. The van der Waals surface area contributed by atoms with Crippen LogP contribution in [0.2, 0.25) is 0 Å². The van der Waals surface area contributed by atoms with Crippen molar-refractivity contribution in [1.29, 1.82) is 0 Å². The molecular formula is C21H35N3O. The number of nitrogens with zero attached hydrogens (tertiary/aromatic N) is 1. The van der Waals surface area contributed by atoms with Gasteiger partial charge in [0.1, 0.15) is 0 Å². The molecule has 1 aliphatic heterocycles. The molecule has 5 aliphatic carbocycles. The first-order chi connectivity index (χ1) is 12.2. The van der Waals surface area contributed by atoms with Crippen molar-refractivity contribution in [2.75, 3.05) is 13.1 Å². The zero-order valence-corrected chi connectivity index (χ0v) is 15.5. The minimum Gasteiger partial charge on any atom is -0.368 e. The molecule has 3 N–H and O–H groups in total. The Morgan fingerprint density at radius 3 is 2.20 bits per heavy atom. The van der Waals surface area contributed by atoms with E-state index in [1.165, 1.54) is 57.8 Å². The Morgan fingerprint density at radius 1 is 0.960 bits per heavy atom. The van der Waals surface area contributed by atoms with Crippen LogP contribution in [0, 0.1) is 29.6 Å². The van der Waals surface area contributed by atoms with Crippen LogP contribution in [0.5, 0.6) is 0 Å². The van der Waals surface area contributed by atoms with E-state index in [9.17, 15) is 4.79 Å². The first kappa shape index (κ1) is 16.6. The van der Waals surface area contributed by atoms with E-state index in [1.807, 2.05) is 0 Å². The van der Waals surface area contributed by atoms with Gasteiger partial charge in [-0.3, -0.25) is 9.69 Å². The number of amides is 1. The maximum atomic E-state index is 12.0. The molecule has 1 heterocycles. The van der Waals surface area contributed by atoms with Gasteiger partial charge in [-0.1, -0.05) is 12.8 Å². The summed E-state index contributed by atoms with van der Waals surface area (Å²) in [5.41, 5.74) is 5.77. The predicted octanol–water partition coefficient (Wildman–Crippen LogP) is 2.52. The average Bonchev–Trinajstić information content (AvgIpc) is 3.20. The summed E-state index contributed by atoms with van der Waals surface area (Å²) in [7, 11) is 0. The molecule has 140 valence electrons. The van der Waals surface area contributed by atoms with Crippen LogP contribution >= 0.6 is 0 Å². The highest BCUT2D eigenvalue weighted by Crippen LogP contribution is 2.53. The molecule has 1 amide bonds. The van der Waals surface area contributed by atoms with Gasteiger partial charge >= 0.3 is 0 Å². The lowest BCUT2D eigenvalue weighted by Gasteiger charge is -2.55. The lowest BCUT2D eigenvalue weighted by Crippen LogP contribution is -2.57. The second-order valence-electron chi connectivity index (χ2n) is 10.1. The molecule has 1 unspecified atom stereocenters. The third-order valence-electron chi connectivity index (χ3n) is 8.35. The largest absolute Gasteiger partial charge is 0.368 e. The van der Waals surface area contributed by atoms with Gasteiger partial charge in [0.25, 0.3) is 0 Å². The second kappa shape index (κ2) is 6.53. The third-order valence-corrected chi connectivity index (χ3v) is 8.35. The first-order valence-electron chi connectivity index (χ1n) is 10.9. The third kappa shape index (κ3) is 3.14. The number of carbonyl (C=O) groups excluding carboxylic acids is 1. The molecule has 2 atom stereocenters. The van der Waals surface area contributed by atoms with Gasteiger partial charge in [-0.05, 0) is 81.0 Å². The lowest BCUT2D eigenvalue weighted by molar-refractivity contribution is -0.122. The van der Waals surface area contributed by atoms with Crippen molar-refractivity contribution >= 4 is 5.91 Å². The molecule has 0 spiro atoms. The van der Waals surface area contributed by atoms with E-state index >= 15 is 0 Å². The summed E-state index contributed by atoms with van der Waals surface area (Å²) < 4.78 is 0. The standard InChI is InChI=1S/C21H35N3O/c22-21(25)19-10-18(12-24(19)11-13-3-1-2-4-13)23-20-16-6-14-5-15(8-16)9-17(20)7-14/h13-20,23H,1-12H2,(H2,22,25)/t14?,15?,16?,17?,18?,19-,20?/m1/s1. The molecule has 6 aliphatic rings. The van der Waals surface area contributed by atoms with Crippen LogP contribution in [0.25, 0.3) is 0 Å². The average molecular weight is 346 g/mol. The van der Waals surface area contributed by atoms with Crippen molar-refractivity contribution in [3.8, 4) is 0 Å². The van der Waals surface area contributed by atoms with Crippen LogP contribution in [0.4, 0.5) is 0 Å². The van der Waals surface area contributed by atoms with E-state index < -0.39 is 0 Å². The summed E-state index contributed by atoms with van der Waals surface area (Å²) in [5.74, 6) is 4.57. The Balaban J connectivity index is 1.23. The van der Waals surface area contributed by atoms with E-state index in [1.54, 1.807) is 0 Å². The van der Waals surface area contributed by atoms with Gasteiger partial charge in [0.05, 0.1) is 6.04 Å². The minimum atomic E-state index is -0.104. The summed E-state index contributed by atoms with van der Waals surface area (Å²) >= 11 is 0. The highest BCUT2D eigenvalue weighted by atomic mass is 16.1. The molecule has 6 fully saturated rings. The number of hydrogen-bond donors (Lipinski definition) is 2. The lowest BCUT2D eigenvalue weighted by atomic mass is 9.54. The monoisotopic (exact) mass is 345 g/mol. The summed E-state index contributed by atoms with van der Waals surface area (Å²) in [6.45, 7) is 2.13. The number of likely N-dealkylation sites (tertiary alicyclic amines) is 1. The number of carbonyl (C=O) groups is 1. The van der Waals surface area contributed by atoms with Crippen molar-refractivity contribution < 1.29 is 4.79 Å². The van der Waals surface area contributed by atoms with Crippen molar-refractivity contribution in [3.05, 3.63) is 0 Å². The SMILES string of the molecule is NC(=O)[C@H]1CC(NC2C3CC4CC(C3)CC2C4)CN1CC1CCCC1. The van der Waals surface area contributed by atoms with Gasteiger partial charge in [-0.25, -0.2) is 0 Å². The maximum Gasteiger partial charge on any atom is 0.234 e. The zero-order chi connectivity index (χ0) is 17.0. The number of nitrogens with two attached hydrogens (primary N) is 1. The smallest absolute Gasteiger partial charge is 0.234 e. The molecular weight excluding hydrogens is 310 g/mol. The second-order valence-corrected chi connectivity index (χ2v) is 10.1. The molecule has 5 saturated carbocycles. The number of hydrogen-bond acceptors (Lipinski definition) is 3. The van der Waals surface area contributed by atoms with Gasteiger partial charge in [-0.15, -0.1) is 0 Å². The van der Waals surface area contributed by atoms with Gasteiger partial charge in [0.15, 0.2) is 0 Å². The summed E-state index contributed by atoms with van der Waals surface area (Å²) in [5, 5.41) is 4.05. The van der Waals surface area contributed by atoms with Crippen LogP contribution in [0.3, 0.4) is 0 Å². The quantitative estimate of drug-likeness (QED) is 0.805. The van der Waals surface area contributed by atoms with Crippen molar-refractivity contribution in [1.82, 2.24) is 10.2 Å². The number of rotatable bonds is 5. The van der Waals surface area contributed by atoms with E-state index in [4.69, 9.17) is 5.73 Å². The summed E-state index contributed by atoms with van der Waals surface area (Å²) in [4.78, 5) is 14.4. The van der Waals surface area contributed by atoms with E-state index in [-0.39, 0.29) is 11.9 Å². The van der Waals surface area contributed by atoms with Gasteiger partial charge in [0.2, 0.25) is 5.91 Å². The fraction of sp³-hybridized carbons (Fsp3) is 0.952. The van der Waals surface area contributed by atoms with Crippen LogP contribution in [-0.4, -0.2) is 42.0 Å². The highest BCUT2D eigenvalue weighted by molar-refractivity contribution is 5.80. The Bertz CT molecular complexity index is 487. The Morgan fingerprint density at radius 2 is 1.60 bits per heavy atom. The molecule has 4 nitrogen and oxygen atoms in total. The van der Waals surface area contributed by atoms with Crippen LogP contribution in [0.1, 0.15) is 64.2 Å². The fourth-order valence-electron chi connectivity index (χ4n) is 7.52. The Labute approximate surface area is 152 Å². The predicted molar refractivity (Wildman–Crippen MR) is 98.9 cm³/mol. The normalized spacial score (nSPS) is 47.0. The highest BCUT2D eigenvalue weighted by Gasteiger charge is 2.49. The van der Waals surface area contributed by atoms with Crippen LogP contribution in [0.15, 0.2) is 0 Å². The molecule has 0 aromatic carbocycles. The Hall–Kier alpha value is -0.610.